The van der Waals surface area contributed by atoms with Crippen LogP contribution in [-0.2, 0) is 10.0 Å². The molecule has 0 aromatic heterocycles. The second-order valence-corrected chi connectivity index (χ2v) is 6.35. The van der Waals surface area contributed by atoms with Crippen LogP contribution in [0.2, 0.25) is 0 Å². The summed E-state index contributed by atoms with van der Waals surface area (Å²) in [4.78, 5) is 0. The van der Waals surface area contributed by atoms with Gasteiger partial charge in [-0.3, -0.25) is 0 Å². The van der Waals surface area contributed by atoms with Gasteiger partial charge in [-0.1, -0.05) is 6.42 Å². The summed E-state index contributed by atoms with van der Waals surface area (Å²) in [5.41, 5.74) is -0.0914. The summed E-state index contributed by atoms with van der Waals surface area (Å²) in [6.45, 7) is 2.49. The Balaban J connectivity index is 2.27. The van der Waals surface area contributed by atoms with Gasteiger partial charge in [0.2, 0.25) is 10.0 Å². The molecule has 1 N–H and O–H groups in total. The molecule has 2 heterocycles. The Kier molecular flexibility index (Phi) is 2.57. The molecule has 82 valence electrons. The van der Waals surface area contributed by atoms with Crippen LogP contribution in [0.25, 0.3) is 0 Å². The molecular formula is C9H18N2O2S. The zero-order valence-electron chi connectivity index (χ0n) is 8.62. The van der Waals surface area contributed by atoms with E-state index in [1.54, 1.807) is 4.31 Å². The predicted octanol–water partition coefficient (Wildman–Crippen LogP) is 0.164. The molecule has 4 nitrogen and oxygen atoms in total. The van der Waals surface area contributed by atoms with Crippen molar-refractivity contribution in [2.75, 3.05) is 25.9 Å². The zero-order chi connectivity index (χ0) is 10.2. The fraction of sp³-hybridized carbons (Fsp3) is 1.00. The van der Waals surface area contributed by atoms with Crippen LogP contribution in [0.15, 0.2) is 0 Å². The molecule has 2 aliphatic rings. The van der Waals surface area contributed by atoms with Crippen molar-refractivity contribution >= 4 is 10.0 Å². The van der Waals surface area contributed by atoms with Crippen LogP contribution in [0.3, 0.4) is 0 Å². The second-order valence-electron chi connectivity index (χ2n) is 4.44. The topological polar surface area (TPSA) is 49.4 Å². The first-order valence-electron chi connectivity index (χ1n) is 5.23. The Labute approximate surface area is 85.7 Å². The Bertz CT molecular complexity index is 307. The maximum Gasteiger partial charge on any atom is 0.211 e. The molecule has 1 unspecified atom stereocenters. The summed E-state index contributed by atoms with van der Waals surface area (Å²) in [6, 6.07) is 0. The van der Waals surface area contributed by atoms with Gasteiger partial charge in [-0.25, -0.2) is 8.42 Å². The first-order valence-corrected chi connectivity index (χ1v) is 7.08. The summed E-state index contributed by atoms with van der Waals surface area (Å²) in [6.07, 6.45) is 5.49. The fourth-order valence-corrected chi connectivity index (χ4v) is 4.16. The minimum Gasteiger partial charge on any atom is -0.315 e. The van der Waals surface area contributed by atoms with Gasteiger partial charge in [-0.15, -0.1) is 0 Å². The third-order valence-electron chi connectivity index (χ3n) is 3.40. The van der Waals surface area contributed by atoms with E-state index < -0.39 is 10.0 Å². The van der Waals surface area contributed by atoms with E-state index in [4.69, 9.17) is 0 Å². The molecule has 0 bridgehead atoms. The first kappa shape index (κ1) is 10.4. The molecule has 14 heavy (non-hydrogen) atoms. The van der Waals surface area contributed by atoms with Gasteiger partial charge < -0.3 is 5.32 Å². The van der Waals surface area contributed by atoms with Gasteiger partial charge in [0.15, 0.2) is 0 Å². The van der Waals surface area contributed by atoms with E-state index in [0.717, 1.165) is 38.8 Å². The quantitative estimate of drug-likeness (QED) is 0.682. The van der Waals surface area contributed by atoms with Crippen LogP contribution in [-0.4, -0.2) is 44.2 Å². The van der Waals surface area contributed by atoms with E-state index in [1.807, 2.05) is 0 Å². The van der Waals surface area contributed by atoms with E-state index in [1.165, 1.54) is 6.26 Å². The van der Waals surface area contributed by atoms with Crippen molar-refractivity contribution in [2.45, 2.75) is 31.2 Å². The van der Waals surface area contributed by atoms with Crippen LogP contribution in [0, 0.1) is 0 Å². The van der Waals surface area contributed by atoms with Crippen molar-refractivity contribution in [2.24, 2.45) is 0 Å². The highest BCUT2D eigenvalue weighted by Gasteiger charge is 2.45. The van der Waals surface area contributed by atoms with Gasteiger partial charge in [-0.2, -0.15) is 4.31 Å². The lowest BCUT2D eigenvalue weighted by Crippen LogP contribution is -2.55. The van der Waals surface area contributed by atoms with E-state index in [9.17, 15) is 8.42 Å². The molecule has 0 amide bonds. The number of hydrogen-bond acceptors (Lipinski definition) is 3. The van der Waals surface area contributed by atoms with Crippen molar-refractivity contribution in [3.05, 3.63) is 0 Å². The highest BCUT2D eigenvalue weighted by molar-refractivity contribution is 7.88. The van der Waals surface area contributed by atoms with Gasteiger partial charge in [0.25, 0.3) is 0 Å². The standard InChI is InChI=1S/C9H18N2O2S/c1-14(12,13)11-7-3-2-4-9(11)5-6-10-8-9/h10H,2-8H2,1H3. The maximum absolute atomic E-state index is 11.6. The minimum absolute atomic E-state index is 0.0914. The van der Waals surface area contributed by atoms with E-state index in [-0.39, 0.29) is 5.54 Å². The lowest BCUT2D eigenvalue weighted by atomic mass is 9.88. The summed E-state index contributed by atoms with van der Waals surface area (Å²) in [7, 11) is -3.02. The molecule has 0 radical (unpaired) electrons. The monoisotopic (exact) mass is 218 g/mol. The molecule has 2 saturated heterocycles. The second kappa shape index (κ2) is 3.47. The summed E-state index contributed by atoms with van der Waals surface area (Å²) < 4.78 is 25.0. The molecule has 2 aliphatic heterocycles. The zero-order valence-corrected chi connectivity index (χ0v) is 9.44. The fourth-order valence-electron chi connectivity index (χ4n) is 2.75. The third kappa shape index (κ3) is 1.68. The first-order chi connectivity index (χ1) is 6.55. The van der Waals surface area contributed by atoms with Gasteiger partial charge >= 0.3 is 0 Å². The van der Waals surface area contributed by atoms with Gasteiger partial charge in [0.1, 0.15) is 0 Å². The Hall–Kier alpha value is -0.130. The smallest absolute Gasteiger partial charge is 0.211 e. The number of nitrogens with one attached hydrogen (secondary N) is 1. The Morgan fingerprint density at radius 3 is 2.64 bits per heavy atom. The van der Waals surface area contributed by atoms with Crippen molar-refractivity contribution in [3.8, 4) is 0 Å². The van der Waals surface area contributed by atoms with Gasteiger partial charge in [0.05, 0.1) is 6.26 Å². The molecule has 0 saturated carbocycles. The number of hydrogen-bond donors (Lipinski definition) is 1. The largest absolute Gasteiger partial charge is 0.315 e. The Morgan fingerprint density at radius 1 is 1.29 bits per heavy atom. The molecule has 2 rings (SSSR count). The number of piperidine rings is 1. The molecule has 0 aliphatic carbocycles. The lowest BCUT2D eigenvalue weighted by molar-refractivity contribution is 0.151. The average molecular weight is 218 g/mol. The molecular weight excluding hydrogens is 200 g/mol. The van der Waals surface area contributed by atoms with Crippen molar-refractivity contribution in [3.63, 3.8) is 0 Å². The normalized spacial score (nSPS) is 35.2. The van der Waals surface area contributed by atoms with Crippen molar-refractivity contribution in [1.29, 1.82) is 0 Å². The van der Waals surface area contributed by atoms with Crippen molar-refractivity contribution in [1.82, 2.24) is 9.62 Å². The third-order valence-corrected chi connectivity index (χ3v) is 4.77. The minimum atomic E-state index is -3.02. The van der Waals surface area contributed by atoms with E-state index in [2.05, 4.69) is 5.32 Å². The predicted molar refractivity (Wildman–Crippen MR) is 55.6 cm³/mol. The lowest BCUT2D eigenvalue weighted by Gasteiger charge is -2.42. The van der Waals surface area contributed by atoms with Crippen LogP contribution >= 0.6 is 0 Å². The van der Waals surface area contributed by atoms with Crippen LogP contribution in [0.1, 0.15) is 25.7 Å². The molecule has 1 spiro atoms. The molecule has 5 heteroatoms. The Morgan fingerprint density at radius 2 is 2.07 bits per heavy atom. The number of nitrogens with zero attached hydrogens (tertiary/aromatic N) is 1. The number of rotatable bonds is 1. The maximum atomic E-state index is 11.6. The van der Waals surface area contributed by atoms with E-state index in [0.29, 0.717) is 6.54 Å². The molecule has 0 aromatic carbocycles. The summed E-state index contributed by atoms with van der Waals surface area (Å²) >= 11 is 0. The molecule has 0 aromatic rings. The van der Waals surface area contributed by atoms with Gasteiger partial charge in [0, 0.05) is 18.6 Å². The molecule has 2 fully saturated rings. The number of sulfonamides is 1. The highest BCUT2D eigenvalue weighted by atomic mass is 32.2. The molecule has 1 atom stereocenters. The van der Waals surface area contributed by atoms with Crippen LogP contribution in [0.4, 0.5) is 0 Å². The summed E-state index contributed by atoms with van der Waals surface area (Å²) in [5.74, 6) is 0. The van der Waals surface area contributed by atoms with Crippen LogP contribution in [0.5, 0.6) is 0 Å². The average Bonchev–Trinajstić information content (AvgIpc) is 2.52. The van der Waals surface area contributed by atoms with Crippen LogP contribution < -0.4 is 5.32 Å². The van der Waals surface area contributed by atoms with E-state index >= 15 is 0 Å². The summed E-state index contributed by atoms with van der Waals surface area (Å²) in [5, 5.41) is 3.28. The van der Waals surface area contributed by atoms with Crippen molar-refractivity contribution < 1.29 is 8.42 Å². The SMILES string of the molecule is CS(=O)(=O)N1CCCCC12CCNC2. The highest BCUT2D eigenvalue weighted by Crippen LogP contribution is 2.34. The van der Waals surface area contributed by atoms with Gasteiger partial charge in [-0.05, 0) is 25.8 Å².